The minimum Gasteiger partial charge on any atom is -0.478 e. The zero-order valence-electron chi connectivity index (χ0n) is 13.2. The lowest BCUT2D eigenvalue weighted by molar-refractivity contribution is 0.0687. The highest BCUT2D eigenvalue weighted by Gasteiger charge is 2.19. The van der Waals surface area contributed by atoms with Gasteiger partial charge in [0.15, 0.2) is 0 Å². The third-order valence-corrected chi connectivity index (χ3v) is 3.54. The third kappa shape index (κ3) is 4.08. The number of carboxylic acids is 1. The molecule has 3 rings (SSSR count). The van der Waals surface area contributed by atoms with Crippen LogP contribution in [0.3, 0.4) is 0 Å². The first-order valence-electron chi connectivity index (χ1n) is 7.53. The minimum absolute atomic E-state index is 0.0291. The van der Waals surface area contributed by atoms with E-state index in [1.807, 2.05) is 6.07 Å². The van der Waals surface area contributed by atoms with Gasteiger partial charge in [-0.25, -0.2) is 4.79 Å². The molecule has 0 aromatic carbocycles. The van der Waals surface area contributed by atoms with Gasteiger partial charge < -0.3 is 14.4 Å². The molecule has 0 saturated carbocycles. The van der Waals surface area contributed by atoms with Gasteiger partial charge in [-0.15, -0.1) is 0 Å². The molecule has 0 fully saturated rings. The van der Waals surface area contributed by atoms with E-state index in [1.165, 1.54) is 18.3 Å². The van der Waals surface area contributed by atoms with Gasteiger partial charge in [0.2, 0.25) is 0 Å². The molecule has 1 N–H and O–H groups in total. The van der Waals surface area contributed by atoms with Gasteiger partial charge in [0.1, 0.15) is 11.5 Å². The van der Waals surface area contributed by atoms with Gasteiger partial charge in [-0.3, -0.25) is 14.8 Å². The Kier molecular flexibility index (Phi) is 4.84. The monoisotopic (exact) mass is 337 g/mol. The topological polar surface area (TPSA) is 96.5 Å². The summed E-state index contributed by atoms with van der Waals surface area (Å²) in [5, 5.41) is 8.93. The Morgan fingerprint density at radius 3 is 2.56 bits per heavy atom. The Morgan fingerprint density at radius 1 is 1.08 bits per heavy atom. The number of carbonyl (C=O) groups is 2. The molecule has 0 aliphatic heterocycles. The number of hydrogen-bond acceptors (Lipinski definition) is 5. The number of amides is 1. The van der Waals surface area contributed by atoms with E-state index in [1.54, 1.807) is 41.8 Å². The maximum Gasteiger partial charge on any atom is 0.337 e. The number of rotatable bonds is 6. The van der Waals surface area contributed by atoms with Crippen molar-refractivity contribution in [3.8, 4) is 0 Å². The number of carboxylic acid groups (broad SMARTS) is 1. The molecule has 25 heavy (non-hydrogen) atoms. The van der Waals surface area contributed by atoms with E-state index in [2.05, 4.69) is 9.97 Å². The SMILES string of the molecule is O=C(O)c1ccc(C(=O)N(Cc2cccnc2)Cc2ccco2)nc1. The molecule has 0 radical (unpaired) electrons. The van der Waals surface area contributed by atoms with Crippen LogP contribution in [0.2, 0.25) is 0 Å². The van der Waals surface area contributed by atoms with Crippen molar-refractivity contribution in [2.75, 3.05) is 0 Å². The van der Waals surface area contributed by atoms with Crippen LogP contribution in [0.5, 0.6) is 0 Å². The lowest BCUT2D eigenvalue weighted by atomic mass is 10.2. The highest BCUT2D eigenvalue weighted by molar-refractivity contribution is 5.93. The van der Waals surface area contributed by atoms with Crippen molar-refractivity contribution >= 4 is 11.9 Å². The molecule has 3 heterocycles. The van der Waals surface area contributed by atoms with E-state index in [-0.39, 0.29) is 23.7 Å². The van der Waals surface area contributed by atoms with Gasteiger partial charge in [-0.05, 0) is 35.9 Å². The Morgan fingerprint density at radius 2 is 1.96 bits per heavy atom. The molecular weight excluding hydrogens is 322 g/mol. The normalized spacial score (nSPS) is 10.4. The van der Waals surface area contributed by atoms with Gasteiger partial charge >= 0.3 is 5.97 Å². The summed E-state index contributed by atoms with van der Waals surface area (Å²) in [6.45, 7) is 0.596. The van der Waals surface area contributed by atoms with Gasteiger partial charge in [-0.2, -0.15) is 0 Å². The molecule has 0 aliphatic carbocycles. The fraction of sp³-hybridized carbons (Fsp3) is 0.111. The quantitative estimate of drug-likeness (QED) is 0.743. The number of carbonyl (C=O) groups excluding carboxylic acids is 1. The second-order valence-electron chi connectivity index (χ2n) is 5.34. The van der Waals surface area contributed by atoms with Crippen molar-refractivity contribution in [2.45, 2.75) is 13.1 Å². The number of hydrogen-bond donors (Lipinski definition) is 1. The van der Waals surface area contributed by atoms with Crippen LogP contribution in [0.1, 0.15) is 32.2 Å². The second-order valence-corrected chi connectivity index (χ2v) is 5.34. The molecular formula is C18H15N3O4. The molecule has 0 unspecified atom stereocenters. The van der Waals surface area contributed by atoms with Crippen LogP contribution in [-0.2, 0) is 13.1 Å². The molecule has 0 saturated heterocycles. The average Bonchev–Trinajstić information content (AvgIpc) is 3.14. The molecule has 0 spiro atoms. The lowest BCUT2D eigenvalue weighted by Crippen LogP contribution is -2.30. The molecule has 7 nitrogen and oxygen atoms in total. The number of aromatic carboxylic acids is 1. The minimum atomic E-state index is -1.09. The zero-order chi connectivity index (χ0) is 17.6. The Labute approximate surface area is 143 Å². The Balaban J connectivity index is 1.84. The van der Waals surface area contributed by atoms with Crippen molar-refractivity contribution < 1.29 is 19.1 Å². The van der Waals surface area contributed by atoms with E-state index in [0.29, 0.717) is 12.3 Å². The van der Waals surface area contributed by atoms with Gasteiger partial charge in [0, 0.05) is 25.1 Å². The molecule has 1 amide bonds. The van der Waals surface area contributed by atoms with E-state index < -0.39 is 5.97 Å². The highest BCUT2D eigenvalue weighted by atomic mass is 16.4. The van der Waals surface area contributed by atoms with Gasteiger partial charge in [0.05, 0.1) is 18.4 Å². The third-order valence-electron chi connectivity index (χ3n) is 3.54. The molecule has 0 aliphatic rings. The van der Waals surface area contributed by atoms with Crippen molar-refractivity contribution in [1.82, 2.24) is 14.9 Å². The van der Waals surface area contributed by atoms with Crippen LogP contribution >= 0.6 is 0 Å². The summed E-state index contributed by atoms with van der Waals surface area (Å²) in [7, 11) is 0. The van der Waals surface area contributed by atoms with Crippen molar-refractivity contribution in [1.29, 1.82) is 0 Å². The summed E-state index contributed by atoms with van der Waals surface area (Å²) < 4.78 is 5.33. The number of furan rings is 1. The summed E-state index contributed by atoms with van der Waals surface area (Å²) in [5.41, 5.74) is 1.06. The molecule has 3 aromatic rings. The summed E-state index contributed by atoms with van der Waals surface area (Å²) in [6, 6.07) is 9.97. The molecule has 0 bridgehead atoms. The van der Waals surface area contributed by atoms with Crippen molar-refractivity contribution in [2.24, 2.45) is 0 Å². The largest absolute Gasteiger partial charge is 0.478 e. The maximum absolute atomic E-state index is 12.8. The number of pyridine rings is 2. The van der Waals surface area contributed by atoms with Crippen LogP contribution < -0.4 is 0 Å². The zero-order valence-corrected chi connectivity index (χ0v) is 13.2. The maximum atomic E-state index is 12.8. The van der Waals surface area contributed by atoms with Crippen LogP contribution in [0.25, 0.3) is 0 Å². The van der Waals surface area contributed by atoms with E-state index in [9.17, 15) is 9.59 Å². The Bertz CT molecular complexity index is 846. The number of nitrogens with zero attached hydrogens (tertiary/aromatic N) is 3. The summed E-state index contributed by atoms with van der Waals surface area (Å²) >= 11 is 0. The molecule has 3 aromatic heterocycles. The average molecular weight is 337 g/mol. The van der Waals surface area contributed by atoms with Gasteiger partial charge in [0.25, 0.3) is 5.91 Å². The summed E-state index contributed by atoms with van der Waals surface area (Å²) in [5.74, 6) is -0.772. The lowest BCUT2D eigenvalue weighted by Gasteiger charge is -2.21. The summed E-state index contributed by atoms with van der Waals surface area (Å²) in [4.78, 5) is 33.3. The smallest absolute Gasteiger partial charge is 0.337 e. The summed E-state index contributed by atoms with van der Waals surface area (Å²) in [6.07, 6.45) is 6.06. The van der Waals surface area contributed by atoms with Crippen LogP contribution in [0, 0.1) is 0 Å². The van der Waals surface area contributed by atoms with E-state index in [4.69, 9.17) is 9.52 Å². The van der Waals surface area contributed by atoms with E-state index >= 15 is 0 Å². The number of aromatic nitrogens is 2. The second kappa shape index (κ2) is 7.39. The molecule has 7 heteroatoms. The van der Waals surface area contributed by atoms with Crippen LogP contribution in [0.15, 0.2) is 65.7 Å². The fourth-order valence-corrected chi connectivity index (χ4v) is 2.31. The van der Waals surface area contributed by atoms with Gasteiger partial charge in [-0.1, -0.05) is 6.07 Å². The first kappa shape index (κ1) is 16.4. The van der Waals surface area contributed by atoms with Crippen LogP contribution in [0.4, 0.5) is 0 Å². The molecule has 126 valence electrons. The predicted octanol–water partition coefficient (Wildman–Crippen LogP) is 2.61. The predicted molar refractivity (Wildman–Crippen MR) is 87.7 cm³/mol. The van der Waals surface area contributed by atoms with Crippen LogP contribution in [-0.4, -0.2) is 31.9 Å². The fourth-order valence-electron chi connectivity index (χ4n) is 2.31. The Hall–Kier alpha value is -3.48. The van der Waals surface area contributed by atoms with E-state index in [0.717, 1.165) is 5.56 Å². The standard InChI is InChI=1S/C18H15N3O4/c22-17(16-6-5-14(10-20-16)18(23)24)21(12-15-4-2-8-25-15)11-13-3-1-7-19-9-13/h1-10H,11-12H2,(H,23,24). The van der Waals surface area contributed by atoms with Crippen molar-refractivity contribution in [3.05, 3.63) is 83.8 Å². The first-order chi connectivity index (χ1) is 12.1. The molecule has 0 atom stereocenters. The first-order valence-corrected chi connectivity index (χ1v) is 7.53. The highest BCUT2D eigenvalue weighted by Crippen LogP contribution is 2.14. The van der Waals surface area contributed by atoms with Crippen molar-refractivity contribution in [3.63, 3.8) is 0 Å².